The highest BCUT2D eigenvalue weighted by Gasteiger charge is 2.26. The van der Waals surface area contributed by atoms with Crippen LogP contribution in [0.4, 0.5) is 0 Å². The predicted molar refractivity (Wildman–Crippen MR) is 88.7 cm³/mol. The van der Waals surface area contributed by atoms with E-state index in [0.717, 1.165) is 18.7 Å². The summed E-state index contributed by atoms with van der Waals surface area (Å²) in [6.07, 6.45) is 0. The van der Waals surface area contributed by atoms with Crippen molar-refractivity contribution in [1.82, 2.24) is 30.8 Å². The van der Waals surface area contributed by atoms with Crippen LogP contribution in [0.15, 0.2) is 30.3 Å². The lowest BCUT2D eigenvalue weighted by atomic mass is 10.0. The molecule has 1 aromatic carbocycles. The van der Waals surface area contributed by atoms with E-state index in [1.165, 1.54) is 4.80 Å². The van der Waals surface area contributed by atoms with Crippen LogP contribution in [-0.4, -0.2) is 45.7 Å². The molecule has 0 aliphatic carbocycles. The van der Waals surface area contributed by atoms with Gasteiger partial charge in [-0.1, -0.05) is 51.1 Å². The monoisotopic (exact) mass is 316 g/mol. The molecule has 7 heteroatoms. The molecule has 0 spiro atoms. The molecular weight excluding hydrogens is 292 g/mol. The average Bonchev–Trinajstić information content (AvgIpc) is 3.02. The molecular formula is C16H24N6O. The minimum Gasteiger partial charge on any atom is -0.353 e. The molecule has 0 saturated heterocycles. The molecule has 2 rings (SSSR count). The third-order valence-electron chi connectivity index (χ3n) is 3.46. The first-order valence-corrected chi connectivity index (χ1v) is 7.96. The number of benzene rings is 1. The van der Waals surface area contributed by atoms with Crippen LogP contribution in [0.1, 0.15) is 26.8 Å². The third-order valence-corrected chi connectivity index (χ3v) is 3.46. The van der Waals surface area contributed by atoms with Gasteiger partial charge in [-0.05, 0) is 17.7 Å². The molecule has 7 nitrogen and oxygen atoms in total. The van der Waals surface area contributed by atoms with Crippen LogP contribution in [-0.2, 0) is 4.79 Å². The van der Waals surface area contributed by atoms with Gasteiger partial charge in [0.2, 0.25) is 11.7 Å². The van der Waals surface area contributed by atoms with Crippen LogP contribution >= 0.6 is 0 Å². The predicted octanol–water partition coefficient (Wildman–Crippen LogP) is 1.26. The largest absolute Gasteiger partial charge is 0.353 e. The summed E-state index contributed by atoms with van der Waals surface area (Å²) in [5.41, 5.74) is 0.883. The van der Waals surface area contributed by atoms with Crippen molar-refractivity contribution in [3.05, 3.63) is 30.3 Å². The summed E-state index contributed by atoms with van der Waals surface area (Å²) in [6.45, 7) is 8.18. The standard InChI is InChI=1S/C16H24N6O/c1-4-17-10-11-18-16(23)14(12(2)3)22-20-15(19-21-22)13-8-6-5-7-9-13/h5-9,12,14,17H,4,10-11H2,1-3H3,(H,18,23). The minimum absolute atomic E-state index is 0.0620. The molecule has 2 aromatic rings. The highest BCUT2D eigenvalue weighted by molar-refractivity contribution is 5.80. The van der Waals surface area contributed by atoms with E-state index >= 15 is 0 Å². The van der Waals surface area contributed by atoms with Crippen LogP contribution in [0.25, 0.3) is 11.4 Å². The fourth-order valence-corrected chi connectivity index (χ4v) is 2.28. The number of carbonyl (C=O) groups is 1. The first kappa shape index (κ1) is 17.1. The third kappa shape index (κ3) is 4.59. The number of carbonyl (C=O) groups excluding carboxylic acids is 1. The molecule has 0 fully saturated rings. The smallest absolute Gasteiger partial charge is 0.247 e. The van der Waals surface area contributed by atoms with E-state index in [1.54, 1.807) is 0 Å². The molecule has 1 amide bonds. The maximum absolute atomic E-state index is 12.4. The van der Waals surface area contributed by atoms with E-state index in [1.807, 2.05) is 51.1 Å². The van der Waals surface area contributed by atoms with Gasteiger partial charge >= 0.3 is 0 Å². The van der Waals surface area contributed by atoms with E-state index in [-0.39, 0.29) is 11.8 Å². The van der Waals surface area contributed by atoms with Crippen molar-refractivity contribution in [1.29, 1.82) is 0 Å². The Labute approximate surface area is 136 Å². The Bertz CT molecular complexity index is 610. The maximum Gasteiger partial charge on any atom is 0.247 e. The number of rotatable bonds is 8. The topological polar surface area (TPSA) is 84.7 Å². The van der Waals surface area contributed by atoms with Gasteiger partial charge in [-0.2, -0.15) is 4.80 Å². The lowest BCUT2D eigenvalue weighted by Crippen LogP contribution is -2.39. The number of nitrogens with zero attached hydrogens (tertiary/aromatic N) is 4. The number of hydrogen-bond acceptors (Lipinski definition) is 5. The second-order valence-corrected chi connectivity index (χ2v) is 5.63. The highest BCUT2D eigenvalue weighted by Crippen LogP contribution is 2.18. The molecule has 1 unspecified atom stereocenters. The Balaban J connectivity index is 2.09. The van der Waals surface area contributed by atoms with E-state index in [2.05, 4.69) is 26.0 Å². The zero-order chi connectivity index (χ0) is 16.7. The van der Waals surface area contributed by atoms with Gasteiger partial charge in [0.15, 0.2) is 6.04 Å². The molecule has 0 bridgehead atoms. The summed E-state index contributed by atoms with van der Waals surface area (Å²) in [5, 5.41) is 18.6. The quantitative estimate of drug-likeness (QED) is 0.716. The zero-order valence-corrected chi connectivity index (χ0v) is 13.9. The van der Waals surface area contributed by atoms with Crippen LogP contribution < -0.4 is 10.6 Å². The highest BCUT2D eigenvalue weighted by atomic mass is 16.2. The summed E-state index contributed by atoms with van der Waals surface area (Å²) >= 11 is 0. The molecule has 124 valence electrons. The molecule has 1 aromatic heterocycles. The van der Waals surface area contributed by atoms with E-state index in [9.17, 15) is 4.79 Å². The van der Waals surface area contributed by atoms with Crippen molar-refractivity contribution in [2.75, 3.05) is 19.6 Å². The average molecular weight is 316 g/mol. The second kappa shape index (κ2) is 8.38. The Hall–Kier alpha value is -2.28. The van der Waals surface area contributed by atoms with Crippen LogP contribution in [0.2, 0.25) is 0 Å². The van der Waals surface area contributed by atoms with Crippen molar-refractivity contribution in [2.45, 2.75) is 26.8 Å². The Kier molecular flexibility index (Phi) is 6.22. The number of nitrogens with one attached hydrogen (secondary N) is 2. The Morgan fingerprint density at radius 3 is 2.61 bits per heavy atom. The number of amides is 1. The zero-order valence-electron chi connectivity index (χ0n) is 13.9. The lowest BCUT2D eigenvalue weighted by molar-refractivity contribution is -0.126. The van der Waals surface area contributed by atoms with Crippen molar-refractivity contribution in [3.8, 4) is 11.4 Å². The Morgan fingerprint density at radius 1 is 1.22 bits per heavy atom. The molecule has 23 heavy (non-hydrogen) atoms. The van der Waals surface area contributed by atoms with Gasteiger partial charge < -0.3 is 10.6 Å². The number of hydrogen-bond donors (Lipinski definition) is 2. The molecule has 2 N–H and O–H groups in total. The summed E-state index contributed by atoms with van der Waals surface area (Å²) in [5.74, 6) is 0.499. The molecule has 0 radical (unpaired) electrons. The fourth-order valence-electron chi connectivity index (χ4n) is 2.28. The minimum atomic E-state index is -0.471. The first-order valence-electron chi connectivity index (χ1n) is 7.96. The molecule has 1 heterocycles. The van der Waals surface area contributed by atoms with Gasteiger partial charge in [-0.3, -0.25) is 4.79 Å². The van der Waals surface area contributed by atoms with Gasteiger partial charge in [0, 0.05) is 18.7 Å². The van der Waals surface area contributed by atoms with Crippen LogP contribution in [0.3, 0.4) is 0 Å². The van der Waals surface area contributed by atoms with Crippen molar-refractivity contribution in [3.63, 3.8) is 0 Å². The van der Waals surface area contributed by atoms with Gasteiger partial charge in [0.25, 0.3) is 0 Å². The summed E-state index contributed by atoms with van der Waals surface area (Å²) < 4.78 is 0. The molecule has 0 aliphatic rings. The molecule has 0 saturated carbocycles. The van der Waals surface area contributed by atoms with Crippen molar-refractivity contribution >= 4 is 5.91 Å². The summed E-state index contributed by atoms with van der Waals surface area (Å²) in [4.78, 5) is 13.8. The lowest BCUT2D eigenvalue weighted by Gasteiger charge is -2.18. The number of likely N-dealkylation sites (N-methyl/N-ethyl adjacent to an activating group) is 1. The first-order chi connectivity index (χ1) is 11.1. The summed E-state index contributed by atoms with van der Waals surface area (Å²) in [7, 11) is 0. The fraction of sp³-hybridized carbons (Fsp3) is 0.500. The van der Waals surface area contributed by atoms with Crippen LogP contribution in [0, 0.1) is 5.92 Å². The van der Waals surface area contributed by atoms with E-state index in [4.69, 9.17) is 0 Å². The molecule has 1 atom stereocenters. The number of aromatic nitrogens is 4. The summed E-state index contributed by atoms with van der Waals surface area (Å²) in [6, 6.07) is 9.14. The van der Waals surface area contributed by atoms with Gasteiger partial charge in [0.05, 0.1) is 0 Å². The van der Waals surface area contributed by atoms with Gasteiger partial charge in [-0.25, -0.2) is 0 Å². The van der Waals surface area contributed by atoms with Gasteiger partial charge in [0.1, 0.15) is 0 Å². The van der Waals surface area contributed by atoms with Crippen molar-refractivity contribution < 1.29 is 4.79 Å². The molecule has 0 aliphatic heterocycles. The normalized spacial score (nSPS) is 12.3. The van der Waals surface area contributed by atoms with Gasteiger partial charge in [-0.15, -0.1) is 10.2 Å². The second-order valence-electron chi connectivity index (χ2n) is 5.63. The Morgan fingerprint density at radius 2 is 1.96 bits per heavy atom. The van der Waals surface area contributed by atoms with E-state index in [0.29, 0.717) is 12.4 Å². The van der Waals surface area contributed by atoms with E-state index < -0.39 is 6.04 Å². The SMILES string of the molecule is CCNCCNC(=O)C(C(C)C)n1nnc(-c2ccccc2)n1. The number of tetrazole rings is 1. The van der Waals surface area contributed by atoms with Crippen molar-refractivity contribution in [2.24, 2.45) is 5.92 Å². The maximum atomic E-state index is 12.4. The van der Waals surface area contributed by atoms with Crippen LogP contribution in [0.5, 0.6) is 0 Å².